The summed E-state index contributed by atoms with van der Waals surface area (Å²) in [6.07, 6.45) is 6.55. The van der Waals surface area contributed by atoms with E-state index in [2.05, 4.69) is 266 Å². The van der Waals surface area contributed by atoms with Gasteiger partial charge in [-0.2, -0.15) is 0 Å². The molecule has 10 aromatic rings. The second-order valence-electron chi connectivity index (χ2n) is 17.4. The summed E-state index contributed by atoms with van der Waals surface area (Å²) in [6.45, 7) is 4.35. The van der Waals surface area contributed by atoms with Gasteiger partial charge in [0.2, 0.25) is 0 Å². The fourth-order valence-corrected chi connectivity index (χ4v) is 10.7. The van der Waals surface area contributed by atoms with E-state index < -0.39 is 0 Å². The summed E-state index contributed by atoms with van der Waals surface area (Å²) in [6, 6.07) is 73.8. The molecular formula is C62H48N4. The molecule has 2 aliphatic rings. The molecule has 0 radical (unpaired) electrons. The second-order valence-corrected chi connectivity index (χ2v) is 17.4. The van der Waals surface area contributed by atoms with Crippen LogP contribution in [0.25, 0.3) is 60.1 Å². The van der Waals surface area contributed by atoms with E-state index in [0.717, 1.165) is 34.1 Å². The summed E-state index contributed by atoms with van der Waals surface area (Å²) >= 11 is 0. The zero-order valence-electron chi connectivity index (χ0n) is 37.6. The molecule has 4 heteroatoms. The van der Waals surface area contributed by atoms with E-state index in [0.29, 0.717) is 0 Å². The molecular weight excluding hydrogens is 801 g/mol. The minimum Gasteiger partial charge on any atom is -0.341 e. The quantitative estimate of drug-likeness (QED) is 0.122. The van der Waals surface area contributed by atoms with Crippen molar-refractivity contribution in [3.63, 3.8) is 0 Å². The number of allylic oxidation sites excluding steroid dienone is 4. The number of hydrogen-bond donors (Lipinski definition) is 0. The van der Waals surface area contributed by atoms with E-state index in [9.17, 15) is 0 Å². The summed E-state index contributed by atoms with van der Waals surface area (Å²) in [5.41, 5.74) is 18.8. The Labute approximate surface area is 386 Å². The fraction of sp³-hybridized carbons (Fsp3) is 0.0645. The number of nitrogens with zero attached hydrogens (tertiary/aromatic N) is 4. The van der Waals surface area contributed by atoms with Crippen LogP contribution in [0.3, 0.4) is 0 Å². The lowest BCUT2D eigenvalue weighted by atomic mass is 9.84. The van der Waals surface area contributed by atoms with Crippen molar-refractivity contribution < 1.29 is 0 Å². The van der Waals surface area contributed by atoms with Gasteiger partial charge < -0.3 is 19.6 Å². The van der Waals surface area contributed by atoms with Crippen LogP contribution >= 0.6 is 0 Å². The minimum absolute atomic E-state index is 1.12. The van der Waals surface area contributed by atoms with Crippen molar-refractivity contribution in [3.05, 3.63) is 224 Å². The van der Waals surface area contributed by atoms with Gasteiger partial charge in [-0.3, -0.25) is 0 Å². The number of para-hydroxylation sites is 8. The zero-order valence-corrected chi connectivity index (χ0v) is 37.6. The molecule has 0 spiro atoms. The van der Waals surface area contributed by atoms with Crippen LogP contribution in [0.1, 0.15) is 19.4 Å². The van der Waals surface area contributed by atoms with Crippen molar-refractivity contribution in [2.24, 2.45) is 0 Å². The molecule has 0 aromatic heterocycles. The maximum atomic E-state index is 2.45. The predicted molar refractivity (Wildman–Crippen MR) is 284 cm³/mol. The van der Waals surface area contributed by atoms with Crippen LogP contribution in [0.2, 0.25) is 0 Å². The number of fused-ring (bicyclic) bond motifs is 7. The Bertz CT molecular complexity index is 3530. The standard InChI is InChI=1S/C62H48N4/c1-5-6-19-41(2)61-49-36-34-46(66-59-32-15-11-28-55(59)64(4)56-29-12-16-33-60(56)66)40-52(49)62(44-23-17-22-43(38-44)48-25-18-21-42-20-7-8-24-47(42)48)50-37-35-45(39-51(50)61)65-57-30-13-9-26-53(57)63(3)54-27-10-14-31-58(54)65/h5-40H,1-4H3/b6-5-,41-19+. The lowest BCUT2D eigenvalue weighted by molar-refractivity contribution is 1.13. The monoisotopic (exact) mass is 848 g/mol. The lowest BCUT2D eigenvalue weighted by Crippen LogP contribution is -2.24. The smallest absolute Gasteiger partial charge is 0.0699 e. The maximum Gasteiger partial charge on any atom is 0.0699 e. The van der Waals surface area contributed by atoms with Crippen molar-refractivity contribution in [2.45, 2.75) is 13.8 Å². The predicted octanol–water partition coefficient (Wildman–Crippen LogP) is 17.6. The van der Waals surface area contributed by atoms with Crippen molar-refractivity contribution in [1.29, 1.82) is 0 Å². The Kier molecular flexibility index (Phi) is 9.35. The Morgan fingerprint density at radius 1 is 0.394 bits per heavy atom. The molecule has 2 aliphatic heterocycles. The van der Waals surface area contributed by atoms with Crippen LogP contribution in [-0.2, 0) is 0 Å². The van der Waals surface area contributed by atoms with E-state index in [1.54, 1.807) is 0 Å². The van der Waals surface area contributed by atoms with Crippen molar-refractivity contribution in [2.75, 3.05) is 33.7 Å². The molecule has 0 bridgehead atoms. The van der Waals surface area contributed by atoms with E-state index >= 15 is 0 Å². The third-order valence-corrected chi connectivity index (χ3v) is 13.7. The highest BCUT2D eigenvalue weighted by molar-refractivity contribution is 6.21. The Balaban J connectivity index is 1.17. The van der Waals surface area contributed by atoms with E-state index in [4.69, 9.17) is 0 Å². The van der Waals surface area contributed by atoms with Gasteiger partial charge in [0.15, 0.2) is 0 Å². The zero-order chi connectivity index (χ0) is 44.5. The van der Waals surface area contributed by atoms with Gasteiger partial charge in [0.25, 0.3) is 0 Å². The first-order chi connectivity index (χ1) is 32.5. The third kappa shape index (κ3) is 6.13. The van der Waals surface area contributed by atoms with Crippen LogP contribution in [0, 0.1) is 0 Å². The van der Waals surface area contributed by atoms with Gasteiger partial charge in [-0.15, -0.1) is 0 Å². The highest BCUT2D eigenvalue weighted by Gasteiger charge is 2.30. The van der Waals surface area contributed by atoms with Crippen LogP contribution in [0.15, 0.2) is 218 Å². The molecule has 0 N–H and O–H groups in total. The summed E-state index contributed by atoms with van der Waals surface area (Å²) in [7, 11) is 4.34. The van der Waals surface area contributed by atoms with Gasteiger partial charge in [-0.25, -0.2) is 0 Å². The first-order valence-corrected chi connectivity index (χ1v) is 22.8. The third-order valence-electron chi connectivity index (χ3n) is 13.7. The molecule has 0 saturated heterocycles. The van der Waals surface area contributed by atoms with Crippen LogP contribution in [0.4, 0.5) is 56.9 Å². The Morgan fingerprint density at radius 2 is 0.864 bits per heavy atom. The summed E-state index contributed by atoms with van der Waals surface area (Å²) in [5.74, 6) is 0. The number of hydrogen-bond acceptors (Lipinski definition) is 4. The lowest BCUT2D eigenvalue weighted by Gasteiger charge is -2.39. The highest BCUT2D eigenvalue weighted by atomic mass is 15.3. The number of benzene rings is 10. The Morgan fingerprint density at radius 3 is 1.44 bits per heavy atom. The van der Waals surface area contributed by atoms with Gasteiger partial charge in [0, 0.05) is 25.5 Å². The van der Waals surface area contributed by atoms with Crippen LogP contribution in [0.5, 0.6) is 0 Å². The average molecular weight is 849 g/mol. The molecule has 316 valence electrons. The van der Waals surface area contributed by atoms with Gasteiger partial charge >= 0.3 is 0 Å². The molecule has 10 aromatic carbocycles. The SMILES string of the molecule is C/C=C\C=C(/C)c1c2cc(N3c4ccccc4N(C)c4ccccc43)ccc2c(-c2cccc(-c3cccc4ccccc34)c2)c2cc(N3c4ccccc4N(C)c4ccccc43)ccc12. The number of anilines is 10. The van der Waals surface area contributed by atoms with Crippen LogP contribution in [-0.4, -0.2) is 14.1 Å². The first kappa shape index (κ1) is 39.3. The van der Waals surface area contributed by atoms with Gasteiger partial charge in [-0.1, -0.05) is 140 Å². The molecule has 4 nitrogen and oxygen atoms in total. The van der Waals surface area contributed by atoms with Crippen molar-refractivity contribution >= 4 is 94.8 Å². The van der Waals surface area contributed by atoms with E-state index in [1.807, 2.05) is 0 Å². The topological polar surface area (TPSA) is 13.0 Å². The maximum absolute atomic E-state index is 2.45. The van der Waals surface area contributed by atoms with Gasteiger partial charge in [0.05, 0.1) is 45.5 Å². The first-order valence-electron chi connectivity index (χ1n) is 22.8. The molecule has 0 saturated carbocycles. The second kappa shape index (κ2) is 15.7. The molecule has 66 heavy (non-hydrogen) atoms. The molecule has 0 fully saturated rings. The van der Waals surface area contributed by atoms with Crippen LogP contribution < -0.4 is 19.6 Å². The van der Waals surface area contributed by atoms with Crippen molar-refractivity contribution in [3.8, 4) is 22.3 Å². The molecule has 0 aliphatic carbocycles. The average Bonchev–Trinajstić information content (AvgIpc) is 3.37. The Hall–Kier alpha value is -8.34. The van der Waals surface area contributed by atoms with Gasteiger partial charge in [0.1, 0.15) is 0 Å². The van der Waals surface area contributed by atoms with E-state index in [1.165, 1.54) is 88.5 Å². The molecule has 2 heterocycles. The molecule has 0 unspecified atom stereocenters. The molecule has 12 rings (SSSR count). The molecule has 0 atom stereocenters. The summed E-state index contributed by atoms with van der Waals surface area (Å²) in [4.78, 5) is 9.50. The van der Waals surface area contributed by atoms with E-state index in [-0.39, 0.29) is 0 Å². The van der Waals surface area contributed by atoms with Gasteiger partial charge in [-0.05, 0) is 158 Å². The highest BCUT2D eigenvalue weighted by Crippen LogP contribution is 2.54. The summed E-state index contributed by atoms with van der Waals surface area (Å²) in [5, 5.41) is 7.31. The minimum atomic E-state index is 1.12. The molecule has 0 amide bonds. The number of rotatable bonds is 6. The summed E-state index contributed by atoms with van der Waals surface area (Å²) < 4.78 is 0. The van der Waals surface area contributed by atoms with Crippen molar-refractivity contribution in [1.82, 2.24) is 0 Å². The fourth-order valence-electron chi connectivity index (χ4n) is 10.7. The largest absolute Gasteiger partial charge is 0.341 e. The normalized spacial score (nSPS) is 13.4.